The molecule has 0 bridgehead atoms. The fourth-order valence-corrected chi connectivity index (χ4v) is 1.36. The van der Waals surface area contributed by atoms with E-state index in [2.05, 4.69) is 5.48 Å². The minimum Gasteiger partial charge on any atom is -0.499 e. The molecule has 0 aromatic heterocycles. The number of hydroxylamine groups is 1. The second-order valence-electron chi connectivity index (χ2n) is 3.95. The summed E-state index contributed by atoms with van der Waals surface area (Å²) >= 11 is 0. The maximum Gasteiger partial charge on any atom is 0.269 e. The fraction of sp³-hybridized carbons (Fsp3) is 0.385. The summed E-state index contributed by atoms with van der Waals surface area (Å²) < 4.78 is 5.34. The van der Waals surface area contributed by atoms with Crippen LogP contribution in [0.25, 0.3) is 5.70 Å². The monoisotopic (exact) mass is 281 g/mol. The van der Waals surface area contributed by atoms with E-state index >= 15 is 0 Å². The number of nitrogens with two attached hydrogens (primary N) is 1. The third kappa shape index (κ3) is 5.25. The van der Waals surface area contributed by atoms with Crippen LogP contribution in [0, 0.1) is 10.1 Å². The van der Waals surface area contributed by atoms with Gasteiger partial charge in [-0.3, -0.25) is 20.4 Å². The van der Waals surface area contributed by atoms with Crippen LogP contribution in [0.3, 0.4) is 0 Å². The van der Waals surface area contributed by atoms with Crippen LogP contribution in [0.1, 0.15) is 18.9 Å². The molecule has 1 aromatic rings. The van der Waals surface area contributed by atoms with Crippen molar-refractivity contribution >= 4 is 11.4 Å². The van der Waals surface area contributed by atoms with Gasteiger partial charge in [0.2, 0.25) is 0 Å². The molecule has 7 heteroatoms. The molecule has 0 amide bonds. The summed E-state index contributed by atoms with van der Waals surface area (Å²) in [5, 5.41) is 10.6. The lowest BCUT2D eigenvalue weighted by molar-refractivity contribution is -0.384. The Balaban J connectivity index is 2.79. The maximum absolute atomic E-state index is 10.6. The van der Waals surface area contributed by atoms with Crippen LogP contribution in [0.4, 0.5) is 5.69 Å². The summed E-state index contributed by atoms with van der Waals surface area (Å²) in [6.45, 7) is 3.31. The highest BCUT2D eigenvalue weighted by Gasteiger charge is 2.07. The molecule has 0 saturated carbocycles. The Morgan fingerprint density at radius 2 is 2.10 bits per heavy atom. The van der Waals surface area contributed by atoms with E-state index in [4.69, 9.17) is 15.3 Å². The summed E-state index contributed by atoms with van der Waals surface area (Å²) in [6, 6.07) is 6.09. The SMILES string of the molecule is CCCOC=C(NOCCN)c1ccc([N+](=O)[O-])cc1. The zero-order valence-corrected chi connectivity index (χ0v) is 11.4. The van der Waals surface area contributed by atoms with E-state index in [-0.39, 0.29) is 5.69 Å². The standard InChI is InChI=1S/C13H19N3O4/c1-2-8-19-10-13(15-20-9-7-14)11-3-5-12(6-4-11)16(17)18/h3-6,10,15H,2,7-9,14H2,1H3. The smallest absolute Gasteiger partial charge is 0.269 e. The van der Waals surface area contributed by atoms with E-state index in [0.717, 1.165) is 12.0 Å². The number of hydrogen-bond acceptors (Lipinski definition) is 6. The minimum atomic E-state index is -0.445. The summed E-state index contributed by atoms with van der Waals surface area (Å²) in [4.78, 5) is 15.3. The normalized spacial score (nSPS) is 11.2. The minimum absolute atomic E-state index is 0.0328. The molecule has 7 nitrogen and oxygen atoms in total. The number of nitro benzene ring substituents is 1. The fourth-order valence-electron chi connectivity index (χ4n) is 1.36. The van der Waals surface area contributed by atoms with Gasteiger partial charge in [-0.05, 0) is 18.6 Å². The Bertz CT molecular complexity index is 445. The van der Waals surface area contributed by atoms with Crippen LogP contribution in [0.15, 0.2) is 30.5 Å². The van der Waals surface area contributed by atoms with E-state index in [0.29, 0.717) is 25.5 Å². The Morgan fingerprint density at radius 1 is 1.40 bits per heavy atom. The van der Waals surface area contributed by atoms with Gasteiger partial charge < -0.3 is 10.5 Å². The molecule has 0 aliphatic heterocycles. The number of nitro groups is 1. The van der Waals surface area contributed by atoms with Gasteiger partial charge >= 0.3 is 0 Å². The van der Waals surface area contributed by atoms with Gasteiger partial charge in [0.25, 0.3) is 5.69 Å². The number of ether oxygens (including phenoxy) is 1. The van der Waals surface area contributed by atoms with Crippen LogP contribution in [0.2, 0.25) is 0 Å². The van der Waals surface area contributed by atoms with E-state index in [1.165, 1.54) is 18.4 Å². The second-order valence-corrected chi connectivity index (χ2v) is 3.95. The van der Waals surface area contributed by atoms with Gasteiger partial charge in [0.15, 0.2) is 0 Å². The summed E-state index contributed by atoms with van der Waals surface area (Å²) in [5.74, 6) is 0. The van der Waals surface area contributed by atoms with Gasteiger partial charge in [-0.25, -0.2) is 0 Å². The van der Waals surface area contributed by atoms with E-state index in [9.17, 15) is 10.1 Å². The lowest BCUT2D eigenvalue weighted by Gasteiger charge is -2.11. The zero-order chi connectivity index (χ0) is 14.8. The van der Waals surface area contributed by atoms with Crippen molar-refractivity contribution in [2.45, 2.75) is 13.3 Å². The predicted molar refractivity (Wildman–Crippen MR) is 75.5 cm³/mol. The first-order chi connectivity index (χ1) is 9.69. The van der Waals surface area contributed by atoms with Crippen LogP contribution in [-0.2, 0) is 9.57 Å². The van der Waals surface area contributed by atoms with E-state index in [1.54, 1.807) is 12.1 Å². The number of nitrogens with zero attached hydrogens (tertiary/aromatic N) is 1. The molecule has 0 aliphatic carbocycles. The van der Waals surface area contributed by atoms with Crippen LogP contribution in [0.5, 0.6) is 0 Å². The van der Waals surface area contributed by atoms with Crippen molar-refractivity contribution in [1.82, 2.24) is 5.48 Å². The summed E-state index contributed by atoms with van der Waals surface area (Å²) in [6.07, 6.45) is 2.41. The third-order valence-corrected chi connectivity index (χ3v) is 2.31. The molecule has 110 valence electrons. The van der Waals surface area contributed by atoms with Gasteiger partial charge in [0.05, 0.1) is 18.1 Å². The Labute approximate surface area is 117 Å². The highest BCUT2D eigenvalue weighted by atomic mass is 16.6. The molecular formula is C13H19N3O4. The molecule has 0 unspecified atom stereocenters. The van der Waals surface area contributed by atoms with Gasteiger partial charge in [-0.15, -0.1) is 0 Å². The maximum atomic E-state index is 10.6. The highest BCUT2D eigenvalue weighted by Crippen LogP contribution is 2.17. The van der Waals surface area contributed by atoms with Gasteiger partial charge in [-0.2, -0.15) is 0 Å². The number of non-ortho nitro benzene ring substituents is 1. The zero-order valence-electron chi connectivity index (χ0n) is 11.4. The van der Waals surface area contributed by atoms with E-state index < -0.39 is 4.92 Å². The topological polar surface area (TPSA) is 99.7 Å². The van der Waals surface area contributed by atoms with Crippen molar-refractivity contribution in [3.8, 4) is 0 Å². The Kier molecular flexibility index (Phi) is 7.08. The van der Waals surface area contributed by atoms with Crippen molar-refractivity contribution in [2.24, 2.45) is 5.73 Å². The van der Waals surface area contributed by atoms with Gasteiger partial charge in [0, 0.05) is 24.2 Å². The first-order valence-corrected chi connectivity index (χ1v) is 6.33. The molecule has 1 aromatic carbocycles. The second kappa shape index (κ2) is 8.89. The molecule has 3 N–H and O–H groups in total. The molecule has 0 radical (unpaired) electrons. The van der Waals surface area contributed by atoms with Crippen molar-refractivity contribution in [3.05, 3.63) is 46.2 Å². The number of nitrogens with one attached hydrogen (secondary N) is 1. The molecule has 0 heterocycles. The van der Waals surface area contributed by atoms with Crippen LogP contribution >= 0.6 is 0 Å². The van der Waals surface area contributed by atoms with Crippen molar-refractivity contribution < 1.29 is 14.5 Å². The molecule has 0 spiro atoms. The number of rotatable bonds is 9. The molecular weight excluding hydrogens is 262 g/mol. The van der Waals surface area contributed by atoms with Crippen LogP contribution in [-0.4, -0.2) is 24.7 Å². The molecule has 0 saturated heterocycles. The lowest BCUT2D eigenvalue weighted by atomic mass is 10.1. The lowest BCUT2D eigenvalue weighted by Crippen LogP contribution is -2.19. The first-order valence-electron chi connectivity index (χ1n) is 6.33. The molecule has 1 rings (SSSR count). The van der Waals surface area contributed by atoms with E-state index in [1.807, 2.05) is 6.92 Å². The molecule has 0 atom stereocenters. The average molecular weight is 281 g/mol. The highest BCUT2D eigenvalue weighted by molar-refractivity contribution is 5.63. The largest absolute Gasteiger partial charge is 0.499 e. The molecule has 20 heavy (non-hydrogen) atoms. The molecule has 0 aliphatic rings. The van der Waals surface area contributed by atoms with Gasteiger partial charge in [-0.1, -0.05) is 6.92 Å². The molecule has 0 fully saturated rings. The number of hydrogen-bond donors (Lipinski definition) is 2. The third-order valence-electron chi connectivity index (χ3n) is 2.31. The van der Waals surface area contributed by atoms with Gasteiger partial charge in [0.1, 0.15) is 12.0 Å². The first kappa shape index (κ1) is 15.9. The quantitative estimate of drug-likeness (QED) is 0.310. The van der Waals surface area contributed by atoms with Crippen molar-refractivity contribution in [1.29, 1.82) is 0 Å². The van der Waals surface area contributed by atoms with Crippen molar-refractivity contribution in [2.75, 3.05) is 19.8 Å². The Morgan fingerprint density at radius 3 is 2.65 bits per heavy atom. The summed E-state index contributed by atoms with van der Waals surface area (Å²) in [5.41, 5.74) is 9.41. The average Bonchev–Trinajstić information content (AvgIpc) is 2.46. The number of benzene rings is 1. The predicted octanol–water partition coefficient (Wildman–Crippen LogP) is 1.80. The summed E-state index contributed by atoms with van der Waals surface area (Å²) in [7, 11) is 0. The van der Waals surface area contributed by atoms with Crippen LogP contribution < -0.4 is 11.2 Å². The van der Waals surface area contributed by atoms with Crippen molar-refractivity contribution in [3.63, 3.8) is 0 Å². The Hall–Kier alpha value is -2.12.